The number of carbonyl (C=O) groups excluding carboxylic acids is 2. The van der Waals surface area contributed by atoms with Gasteiger partial charge in [0.1, 0.15) is 6.54 Å². The molecule has 2 unspecified atom stereocenters. The molecule has 0 spiro atoms. The fourth-order valence-corrected chi connectivity index (χ4v) is 6.22. The van der Waals surface area contributed by atoms with E-state index in [0.29, 0.717) is 11.8 Å². The van der Waals surface area contributed by atoms with Crippen molar-refractivity contribution in [3.63, 3.8) is 0 Å². The molecule has 3 aliphatic rings. The van der Waals surface area contributed by atoms with Crippen LogP contribution in [0.5, 0.6) is 0 Å². The third kappa shape index (κ3) is 5.27. The Morgan fingerprint density at radius 3 is 2.63 bits per heavy atom. The molecule has 0 radical (unpaired) electrons. The van der Waals surface area contributed by atoms with E-state index in [-0.39, 0.29) is 24.4 Å². The summed E-state index contributed by atoms with van der Waals surface area (Å²) in [5, 5.41) is 3.44. The van der Waals surface area contributed by atoms with Gasteiger partial charge in [-0.3, -0.25) is 9.59 Å². The number of hydrogen-bond donors (Lipinski definition) is 1. The number of fused-ring (bicyclic) bond motifs is 1. The van der Waals surface area contributed by atoms with Gasteiger partial charge < -0.3 is 15.1 Å². The highest BCUT2D eigenvalue weighted by Crippen LogP contribution is 2.42. The molecule has 4 rings (SSSR count). The number of hydrogen-bond acceptors (Lipinski definition) is 4. The Labute approximate surface area is 184 Å². The molecule has 30 heavy (non-hydrogen) atoms. The zero-order valence-corrected chi connectivity index (χ0v) is 18.8. The minimum atomic E-state index is -0.0338. The number of thioether (sulfide) groups is 1. The van der Waals surface area contributed by atoms with E-state index in [2.05, 4.69) is 41.4 Å². The van der Waals surface area contributed by atoms with Crippen molar-refractivity contribution >= 4 is 29.7 Å². The molecule has 2 amide bonds. The second-order valence-corrected chi connectivity index (χ2v) is 10.0. The van der Waals surface area contributed by atoms with Crippen molar-refractivity contribution in [2.24, 2.45) is 0 Å². The zero-order valence-electron chi connectivity index (χ0n) is 17.9. The van der Waals surface area contributed by atoms with Crippen molar-refractivity contribution in [1.82, 2.24) is 15.1 Å². The third-order valence-corrected chi connectivity index (χ3v) is 7.85. The van der Waals surface area contributed by atoms with Gasteiger partial charge in [-0.25, -0.2) is 0 Å². The van der Waals surface area contributed by atoms with Crippen LogP contribution in [-0.2, 0) is 9.59 Å². The lowest BCUT2D eigenvalue weighted by atomic mass is 9.93. The average Bonchev–Trinajstić information content (AvgIpc) is 3.26. The van der Waals surface area contributed by atoms with E-state index < -0.39 is 0 Å². The van der Waals surface area contributed by atoms with Gasteiger partial charge in [0.25, 0.3) is 5.91 Å². The lowest BCUT2D eigenvalue weighted by molar-refractivity contribution is -0.135. The topological polar surface area (TPSA) is 52.7 Å². The van der Waals surface area contributed by atoms with Gasteiger partial charge in [-0.15, -0.1) is 11.8 Å². The van der Waals surface area contributed by atoms with Gasteiger partial charge in [0.2, 0.25) is 5.91 Å². The molecule has 1 aliphatic carbocycles. The SMILES string of the molecule is Cc1ccc(/C=C2/SC3CCCCC3N(CC(=O)NCCN3CCCC3)C2=O)cc1. The van der Waals surface area contributed by atoms with Gasteiger partial charge in [0.05, 0.1) is 4.91 Å². The first-order valence-corrected chi connectivity index (χ1v) is 12.2. The molecule has 1 aromatic rings. The molecular weight excluding hydrogens is 394 g/mol. The first kappa shape index (κ1) is 21.4. The maximum absolute atomic E-state index is 13.3. The van der Waals surface area contributed by atoms with Gasteiger partial charge in [-0.05, 0) is 57.3 Å². The van der Waals surface area contributed by atoms with Crippen LogP contribution in [-0.4, -0.2) is 65.6 Å². The summed E-state index contributed by atoms with van der Waals surface area (Å²) >= 11 is 1.72. The summed E-state index contributed by atoms with van der Waals surface area (Å²) in [6.45, 7) is 6.07. The molecule has 0 bridgehead atoms. The van der Waals surface area contributed by atoms with E-state index in [1.807, 2.05) is 11.0 Å². The molecule has 2 saturated heterocycles. The first-order chi connectivity index (χ1) is 14.6. The molecule has 2 heterocycles. The molecule has 0 aromatic heterocycles. The van der Waals surface area contributed by atoms with E-state index in [4.69, 9.17) is 0 Å². The molecule has 2 atom stereocenters. The van der Waals surface area contributed by atoms with Crippen molar-refractivity contribution in [3.05, 3.63) is 40.3 Å². The smallest absolute Gasteiger partial charge is 0.261 e. The van der Waals surface area contributed by atoms with E-state index in [0.717, 1.165) is 49.4 Å². The fraction of sp³-hybridized carbons (Fsp3) is 0.583. The number of rotatable bonds is 6. The van der Waals surface area contributed by atoms with Crippen LogP contribution in [0, 0.1) is 6.92 Å². The van der Waals surface area contributed by atoms with Crippen LogP contribution in [0.2, 0.25) is 0 Å². The summed E-state index contributed by atoms with van der Waals surface area (Å²) in [7, 11) is 0. The van der Waals surface area contributed by atoms with Gasteiger partial charge in [0, 0.05) is 24.4 Å². The summed E-state index contributed by atoms with van der Waals surface area (Å²) in [4.78, 5) is 31.0. The lowest BCUT2D eigenvalue weighted by Gasteiger charge is -2.43. The van der Waals surface area contributed by atoms with Gasteiger partial charge in [0.15, 0.2) is 0 Å². The second kappa shape index (κ2) is 10.0. The number of nitrogens with zero attached hydrogens (tertiary/aromatic N) is 2. The Balaban J connectivity index is 1.42. The summed E-state index contributed by atoms with van der Waals surface area (Å²) in [5.74, 6) is -0.0214. The van der Waals surface area contributed by atoms with Crippen molar-refractivity contribution in [3.8, 4) is 0 Å². The van der Waals surface area contributed by atoms with E-state index >= 15 is 0 Å². The standard InChI is InChI=1S/C24H33N3O2S/c1-18-8-10-19(11-9-18)16-22-24(29)27(20-6-2-3-7-21(20)30-22)17-23(28)25-12-15-26-13-4-5-14-26/h8-11,16,20-21H,2-7,12-15,17H2,1H3,(H,25,28)/b22-16+. The fourth-order valence-electron chi connectivity index (χ4n) is 4.75. The molecule has 6 heteroatoms. The first-order valence-electron chi connectivity index (χ1n) is 11.4. The Kier molecular flexibility index (Phi) is 7.16. The van der Waals surface area contributed by atoms with Crippen LogP contribution in [0.15, 0.2) is 29.2 Å². The van der Waals surface area contributed by atoms with Crippen molar-refractivity contribution in [2.45, 2.75) is 56.7 Å². The Morgan fingerprint density at radius 1 is 1.13 bits per heavy atom. The van der Waals surface area contributed by atoms with Crippen molar-refractivity contribution in [2.75, 3.05) is 32.7 Å². The van der Waals surface area contributed by atoms with Gasteiger partial charge in [-0.1, -0.05) is 42.7 Å². The zero-order chi connectivity index (χ0) is 20.9. The van der Waals surface area contributed by atoms with Gasteiger partial charge >= 0.3 is 0 Å². The number of aryl methyl sites for hydroxylation is 1. The minimum absolute atomic E-state index is 0.0124. The summed E-state index contributed by atoms with van der Waals surface area (Å²) in [5.41, 5.74) is 2.25. The molecule has 1 saturated carbocycles. The summed E-state index contributed by atoms with van der Waals surface area (Å²) < 4.78 is 0. The summed E-state index contributed by atoms with van der Waals surface area (Å²) in [6, 6.07) is 8.42. The lowest BCUT2D eigenvalue weighted by Crippen LogP contribution is -2.54. The average molecular weight is 428 g/mol. The van der Waals surface area contributed by atoms with E-state index in [9.17, 15) is 9.59 Å². The third-order valence-electron chi connectivity index (χ3n) is 6.46. The molecule has 1 N–H and O–H groups in total. The van der Waals surface area contributed by atoms with E-state index in [1.54, 1.807) is 11.8 Å². The van der Waals surface area contributed by atoms with Crippen LogP contribution in [0.4, 0.5) is 0 Å². The van der Waals surface area contributed by atoms with Crippen molar-refractivity contribution in [1.29, 1.82) is 0 Å². The molecular formula is C24H33N3O2S. The highest BCUT2D eigenvalue weighted by atomic mass is 32.2. The number of likely N-dealkylation sites (tertiary alicyclic amines) is 1. The Hall–Kier alpha value is -1.79. The number of carbonyl (C=O) groups is 2. The Morgan fingerprint density at radius 2 is 1.87 bits per heavy atom. The summed E-state index contributed by atoms with van der Waals surface area (Å²) in [6.07, 6.45) is 8.97. The van der Waals surface area contributed by atoms with Crippen LogP contribution < -0.4 is 5.32 Å². The van der Waals surface area contributed by atoms with Crippen molar-refractivity contribution < 1.29 is 9.59 Å². The Bertz CT molecular complexity index is 786. The molecule has 1 aromatic carbocycles. The minimum Gasteiger partial charge on any atom is -0.353 e. The predicted molar refractivity (Wildman–Crippen MR) is 123 cm³/mol. The maximum Gasteiger partial charge on any atom is 0.261 e. The molecule has 162 valence electrons. The quantitative estimate of drug-likeness (QED) is 0.707. The highest BCUT2D eigenvalue weighted by Gasteiger charge is 2.41. The number of amides is 2. The van der Waals surface area contributed by atoms with Crippen LogP contribution in [0.3, 0.4) is 0 Å². The van der Waals surface area contributed by atoms with Gasteiger partial charge in [-0.2, -0.15) is 0 Å². The van der Waals surface area contributed by atoms with Crippen LogP contribution >= 0.6 is 11.8 Å². The van der Waals surface area contributed by atoms with Crippen LogP contribution in [0.25, 0.3) is 6.08 Å². The largest absolute Gasteiger partial charge is 0.353 e. The monoisotopic (exact) mass is 427 g/mol. The molecule has 2 aliphatic heterocycles. The second-order valence-electron chi connectivity index (χ2n) is 8.76. The number of nitrogens with one attached hydrogen (secondary N) is 1. The highest BCUT2D eigenvalue weighted by molar-refractivity contribution is 8.04. The van der Waals surface area contributed by atoms with E-state index in [1.165, 1.54) is 24.8 Å². The molecule has 3 fully saturated rings. The predicted octanol–water partition coefficient (Wildman–Crippen LogP) is 3.43. The van der Waals surface area contributed by atoms with Crippen LogP contribution in [0.1, 0.15) is 49.7 Å². The maximum atomic E-state index is 13.3. The normalized spacial score (nSPS) is 26.1. The molecule has 5 nitrogen and oxygen atoms in total. The number of benzene rings is 1.